The summed E-state index contributed by atoms with van der Waals surface area (Å²) < 4.78 is 26.6. The first kappa shape index (κ1) is 13.5. The third-order valence-corrected chi connectivity index (χ3v) is 6.30. The molecule has 0 N–H and O–H groups in total. The highest BCUT2D eigenvalue weighted by Gasteiger charge is 2.29. The first-order chi connectivity index (χ1) is 8.54. The lowest BCUT2D eigenvalue weighted by Crippen LogP contribution is -2.48. The Kier molecular flexibility index (Phi) is 4.02. The summed E-state index contributed by atoms with van der Waals surface area (Å²) in [5.74, 6) is 0. The lowest BCUT2D eigenvalue weighted by Gasteiger charge is -2.32. The van der Waals surface area contributed by atoms with Crippen molar-refractivity contribution in [2.45, 2.75) is 11.1 Å². The molecule has 1 aliphatic rings. The van der Waals surface area contributed by atoms with Crippen molar-refractivity contribution in [2.24, 2.45) is 0 Å². The van der Waals surface area contributed by atoms with E-state index in [1.807, 2.05) is 17.9 Å². The van der Waals surface area contributed by atoms with Gasteiger partial charge in [0.1, 0.15) is 4.21 Å². The summed E-state index contributed by atoms with van der Waals surface area (Å²) in [5.41, 5.74) is 0. The Morgan fingerprint density at radius 2 is 2.00 bits per heavy atom. The molecule has 2 heterocycles. The number of aryl methyl sites for hydroxylation is 1. The summed E-state index contributed by atoms with van der Waals surface area (Å²) in [4.78, 5) is 2.96. The van der Waals surface area contributed by atoms with E-state index in [9.17, 15) is 8.42 Å². The Labute approximate surface area is 111 Å². The van der Waals surface area contributed by atoms with Gasteiger partial charge in [0.15, 0.2) is 0 Å². The van der Waals surface area contributed by atoms with Gasteiger partial charge in [0.25, 0.3) is 10.0 Å². The van der Waals surface area contributed by atoms with Crippen LogP contribution >= 0.6 is 11.3 Å². The highest BCUT2D eigenvalue weighted by molar-refractivity contribution is 7.91. The molecule has 1 saturated heterocycles. The fourth-order valence-corrected chi connectivity index (χ4v) is 4.77. The lowest BCUT2D eigenvalue weighted by molar-refractivity contribution is 0.206. The maximum atomic E-state index is 12.3. The smallest absolute Gasteiger partial charge is 0.252 e. The van der Waals surface area contributed by atoms with Crippen LogP contribution in [0.15, 0.2) is 16.3 Å². The van der Waals surface area contributed by atoms with E-state index in [-0.39, 0.29) is 0 Å². The molecular weight excluding hydrogens is 270 g/mol. The minimum Gasteiger partial charge on any atom is -0.288 e. The molecule has 1 aliphatic heterocycles. The Hall–Kier alpha value is -0.940. The average molecular weight is 285 g/mol. The largest absolute Gasteiger partial charge is 0.288 e. The number of piperazine rings is 1. The van der Waals surface area contributed by atoms with Gasteiger partial charge < -0.3 is 0 Å². The minimum atomic E-state index is -3.34. The van der Waals surface area contributed by atoms with Gasteiger partial charge in [-0.05, 0) is 19.1 Å². The van der Waals surface area contributed by atoms with E-state index in [1.165, 1.54) is 15.6 Å². The zero-order valence-corrected chi connectivity index (χ0v) is 11.8. The molecule has 0 aromatic carbocycles. The van der Waals surface area contributed by atoms with Crippen LogP contribution in [-0.4, -0.2) is 50.3 Å². The number of rotatable bonds is 3. The van der Waals surface area contributed by atoms with Gasteiger partial charge >= 0.3 is 0 Å². The first-order valence-corrected chi connectivity index (χ1v) is 7.95. The van der Waals surface area contributed by atoms with Crippen LogP contribution in [0.25, 0.3) is 0 Å². The number of hydrogen-bond acceptors (Lipinski definition) is 5. The van der Waals surface area contributed by atoms with Crippen molar-refractivity contribution in [1.29, 1.82) is 5.26 Å². The van der Waals surface area contributed by atoms with Gasteiger partial charge in [0, 0.05) is 31.1 Å². The zero-order chi connectivity index (χ0) is 13.2. The van der Waals surface area contributed by atoms with Crippen LogP contribution < -0.4 is 0 Å². The van der Waals surface area contributed by atoms with Gasteiger partial charge in [-0.1, -0.05) is 0 Å². The number of nitriles is 1. The van der Waals surface area contributed by atoms with Crippen LogP contribution in [0, 0.1) is 18.3 Å². The molecule has 0 spiro atoms. The van der Waals surface area contributed by atoms with Gasteiger partial charge in [-0.15, -0.1) is 11.3 Å². The molecule has 5 nitrogen and oxygen atoms in total. The molecule has 0 unspecified atom stereocenters. The van der Waals surface area contributed by atoms with E-state index in [1.54, 1.807) is 6.07 Å². The Morgan fingerprint density at radius 1 is 1.33 bits per heavy atom. The van der Waals surface area contributed by atoms with Crippen LogP contribution in [0.4, 0.5) is 0 Å². The molecule has 0 bridgehead atoms. The molecule has 18 heavy (non-hydrogen) atoms. The normalized spacial score (nSPS) is 18.7. The summed E-state index contributed by atoms with van der Waals surface area (Å²) in [6, 6.07) is 5.57. The lowest BCUT2D eigenvalue weighted by atomic mass is 10.4. The molecule has 0 radical (unpaired) electrons. The van der Waals surface area contributed by atoms with Crippen LogP contribution in [-0.2, 0) is 10.0 Å². The Bertz CT molecular complexity index is 551. The fourth-order valence-electron chi connectivity index (χ4n) is 1.91. The summed E-state index contributed by atoms with van der Waals surface area (Å²) in [6.07, 6.45) is 0. The second-order valence-corrected chi connectivity index (χ2v) is 7.66. The highest BCUT2D eigenvalue weighted by atomic mass is 32.2. The Balaban J connectivity index is 2.07. The van der Waals surface area contributed by atoms with Crippen molar-refractivity contribution in [3.05, 3.63) is 17.0 Å². The van der Waals surface area contributed by atoms with E-state index in [0.717, 1.165) is 4.88 Å². The molecule has 98 valence electrons. The van der Waals surface area contributed by atoms with Crippen molar-refractivity contribution < 1.29 is 8.42 Å². The number of nitrogens with zero attached hydrogens (tertiary/aromatic N) is 3. The second kappa shape index (κ2) is 5.36. The number of thiophene rings is 1. The molecule has 1 fully saturated rings. The van der Waals surface area contributed by atoms with Gasteiger partial charge in [0.2, 0.25) is 0 Å². The number of sulfonamides is 1. The summed E-state index contributed by atoms with van der Waals surface area (Å²) in [6.45, 7) is 4.43. The maximum Gasteiger partial charge on any atom is 0.252 e. The van der Waals surface area contributed by atoms with Gasteiger partial charge in [-0.2, -0.15) is 9.57 Å². The maximum absolute atomic E-state index is 12.3. The van der Waals surface area contributed by atoms with E-state index >= 15 is 0 Å². The molecular formula is C11H15N3O2S2. The predicted octanol–water partition coefficient (Wildman–Crippen LogP) is 0.886. The van der Waals surface area contributed by atoms with Crippen LogP contribution in [0.5, 0.6) is 0 Å². The third kappa shape index (κ3) is 2.72. The van der Waals surface area contributed by atoms with Crippen LogP contribution in [0.3, 0.4) is 0 Å². The van der Waals surface area contributed by atoms with E-state index < -0.39 is 10.0 Å². The summed E-state index contributed by atoms with van der Waals surface area (Å²) in [5, 5.41) is 8.60. The summed E-state index contributed by atoms with van der Waals surface area (Å²) in [7, 11) is -3.34. The van der Waals surface area contributed by atoms with Gasteiger partial charge in [-0.25, -0.2) is 8.42 Å². The summed E-state index contributed by atoms with van der Waals surface area (Å²) >= 11 is 1.30. The van der Waals surface area contributed by atoms with Crippen molar-refractivity contribution in [1.82, 2.24) is 9.21 Å². The zero-order valence-electron chi connectivity index (χ0n) is 10.2. The average Bonchev–Trinajstić information content (AvgIpc) is 2.78. The van der Waals surface area contributed by atoms with Gasteiger partial charge in [0.05, 0.1) is 12.6 Å². The fraction of sp³-hybridized carbons (Fsp3) is 0.545. The highest BCUT2D eigenvalue weighted by Crippen LogP contribution is 2.24. The standard InChI is InChI=1S/C11H15N3O2S2/c1-10-2-3-11(17-10)18(15,16)14-8-6-13(5-4-12)7-9-14/h2-3H,5-9H2,1H3. The SMILES string of the molecule is Cc1ccc(S(=O)(=O)N2CCN(CC#N)CC2)s1. The molecule has 0 aliphatic carbocycles. The molecule has 0 atom stereocenters. The molecule has 0 amide bonds. The van der Waals surface area contributed by atoms with E-state index in [2.05, 4.69) is 6.07 Å². The Morgan fingerprint density at radius 3 is 2.50 bits per heavy atom. The topological polar surface area (TPSA) is 64.4 Å². The molecule has 0 saturated carbocycles. The molecule has 1 aromatic heterocycles. The molecule has 2 rings (SSSR count). The second-order valence-electron chi connectivity index (χ2n) is 4.20. The predicted molar refractivity (Wildman–Crippen MR) is 69.9 cm³/mol. The number of hydrogen-bond donors (Lipinski definition) is 0. The van der Waals surface area contributed by atoms with Gasteiger partial charge in [-0.3, -0.25) is 4.90 Å². The van der Waals surface area contributed by atoms with Crippen LogP contribution in [0.2, 0.25) is 0 Å². The van der Waals surface area contributed by atoms with Crippen molar-refractivity contribution in [3.8, 4) is 6.07 Å². The molecule has 7 heteroatoms. The minimum absolute atomic E-state index is 0.367. The third-order valence-electron chi connectivity index (χ3n) is 2.94. The van der Waals surface area contributed by atoms with Crippen molar-refractivity contribution in [3.63, 3.8) is 0 Å². The molecule has 1 aromatic rings. The van der Waals surface area contributed by atoms with Crippen LogP contribution in [0.1, 0.15) is 4.88 Å². The van der Waals surface area contributed by atoms with E-state index in [4.69, 9.17) is 5.26 Å². The van der Waals surface area contributed by atoms with E-state index in [0.29, 0.717) is 36.9 Å². The quantitative estimate of drug-likeness (QED) is 0.774. The van der Waals surface area contributed by atoms with Crippen molar-refractivity contribution in [2.75, 3.05) is 32.7 Å². The monoisotopic (exact) mass is 285 g/mol. The van der Waals surface area contributed by atoms with Crippen molar-refractivity contribution >= 4 is 21.4 Å². The first-order valence-electron chi connectivity index (χ1n) is 5.70.